The molecule has 0 saturated heterocycles. The molecule has 0 saturated carbocycles. The fraction of sp³-hybridized carbons (Fsp3) is 0.259. The summed E-state index contributed by atoms with van der Waals surface area (Å²) in [7, 11) is 0. The van der Waals surface area contributed by atoms with E-state index in [1.165, 1.54) is 22.7 Å². The number of halogens is 2. The Hall–Kier alpha value is -3.78. The molecule has 1 aliphatic carbocycles. The van der Waals surface area contributed by atoms with Crippen molar-refractivity contribution in [1.29, 1.82) is 0 Å². The van der Waals surface area contributed by atoms with Gasteiger partial charge in [0.15, 0.2) is 0 Å². The van der Waals surface area contributed by atoms with Crippen molar-refractivity contribution in [2.45, 2.75) is 32.9 Å². The third kappa shape index (κ3) is 4.14. The second kappa shape index (κ2) is 9.11. The number of aliphatic hydroxyl groups is 1. The molecule has 2 aromatic heterocycles. The lowest BCUT2D eigenvalue weighted by atomic mass is 10.0. The maximum Gasteiger partial charge on any atom is 0.255 e. The Kier molecular flexibility index (Phi) is 5.98. The Balaban J connectivity index is 1.47. The first-order valence-electron chi connectivity index (χ1n) is 11.4. The Morgan fingerprint density at radius 2 is 1.89 bits per heavy atom. The predicted molar refractivity (Wildman–Crippen MR) is 126 cm³/mol. The van der Waals surface area contributed by atoms with E-state index in [2.05, 4.69) is 10.4 Å². The molecule has 1 amide bonds. The number of rotatable bonds is 6. The van der Waals surface area contributed by atoms with Gasteiger partial charge in [-0.05, 0) is 55.2 Å². The first-order chi connectivity index (χ1) is 16.9. The van der Waals surface area contributed by atoms with Gasteiger partial charge in [-0.2, -0.15) is 9.61 Å². The van der Waals surface area contributed by atoms with Crippen LogP contribution in [-0.4, -0.2) is 27.2 Å². The molecular formula is C27H25F2N3O3. The number of aliphatic hydroxyl groups excluding tert-OH is 1. The summed E-state index contributed by atoms with van der Waals surface area (Å²) in [5, 5.41) is 17.5. The summed E-state index contributed by atoms with van der Waals surface area (Å²) in [4.78, 5) is 13.5. The van der Waals surface area contributed by atoms with Gasteiger partial charge < -0.3 is 15.2 Å². The monoisotopic (exact) mass is 477 g/mol. The number of nitrogens with one attached hydrogen (secondary N) is 1. The highest BCUT2D eigenvalue weighted by Gasteiger charge is 2.34. The van der Waals surface area contributed by atoms with E-state index in [1.807, 2.05) is 37.3 Å². The number of fused-ring (bicyclic) bond motifs is 2. The lowest BCUT2D eigenvalue weighted by Crippen LogP contribution is -2.33. The number of carbonyl (C=O) groups excluding carboxylic acids is 1. The van der Waals surface area contributed by atoms with Crippen molar-refractivity contribution in [1.82, 2.24) is 14.9 Å². The van der Waals surface area contributed by atoms with Crippen LogP contribution >= 0.6 is 0 Å². The van der Waals surface area contributed by atoms with Crippen molar-refractivity contribution < 1.29 is 23.4 Å². The molecule has 6 nitrogen and oxygen atoms in total. The number of aryl methyl sites for hydroxylation is 2. The lowest BCUT2D eigenvalue weighted by molar-refractivity contribution is 0.0912. The number of benzene rings is 2. The minimum absolute atomic E-state index is 0.0446. The number of amides is 1. The van der Waals surface area contributed by atoms with Crippen molar-refractivity contribution in [2.24, 2.45) is 5.92 Å². The molecule has 0 fully saturated rings. The number of nitrogens with zero attached hydrogens (tertiary/aromatic N) is 2. The van der Waals surface area contributed by atoms with Crippen molar-refractivity contribution in [3.63, 3.8) is 0 Å². The first kappa shape index (κ1) is 23.0. The van der Waals surface area contributed by atoms with Crippen LogP contribution in [0.1, 0.15) is 44.3 Å². The van der Waals surface area contributed by atoms with Crippen LogP contribution in [0.2, 0.25) is 0 Å². The lowest BCUT2D eigenvalue weighted by Gasteiger charge is -2.20. The minimum atomic E-state index is -0.694. The van der Waals surface area contributed by atoms with E-state index in [0.717, 1.165) is 16.7 Å². The number of hydrogen-bond acceptors (Lipinski definition) is 4. The van der Waals surface area contributed by atoms with Crippen LogP contribution in [0.4, 0.5) is 8.78 Å². The zero-order chi connectivity index (χ0) is 24.7. The molecule has 8 heteroatoms. The number of aromatic nitrogens is 2. The molecule has 5 rings (SSSR count). The van der Waals surface area contributed by atoms with Gasteiger partial charge in [-0.25, -0.2) is 8.78 Å². The molecule has 2 N–H and O–H groups in total. The van der Waals surface area contributed by atoms with Crippen molar-refractivity contribution in [3.05, 3.63) is 99.7 Å². The first-order valence-corrected chi connectivity index (χ1v) is 11.4. The summed E-state index contributed by atoms with van der Waals surface area (Å²) in [5.74, 6) is -1.55. The topological polar surface area (TPSA) is 75.9 Å². The van der Waals surface area contributed by atoms with Crippen LogP contribution < -0.4 is 10.1 Å². The number of hydrogen-bond donors (Lipinski definition) is 2. The Morgan fingerprint density at radius 1 is 1.14 bits per heavy atom. The number of pyridine rings is 1. The van der Waals surface area contributed by atoms with E-state index in [4.69, 9.17) is 4.74 Å². The van der Waals surface area contributed by atoms with Gasteiger partial charge in [0.25, 0.3) is 5.91 Å². The standard InChI is InChI=1S/C27H25F2N3O3/c1-15-10-23-25(27(34)30-26-18(13-33)12-17-6-3-4-7-19(17)26)16(2)31-32(23)24(11-15)35-14-20-21(28)8-5-9-22(20)29/h3-11,18,26,33H,12-14H2,1-2H3,(H,30,34). The van der Waals surface area contributed by atoms with Crippen LogP contribution in [-0.2, 0) is 13.0 Å². The minimum Gasteiger partial charge on any atom is -0.473 e. The molecule has 2 aromatic carbocycles. The summed E-state index contributed by atoms with van der Waals surface area (Å²) >= 11 is 0. The van der Waals surface area contributed by atoms with Gasteiger partial charge in [-0.3, -0.25) is 4.79 Å². The molecule has 0 aliphatic heterocycles. The molecular weight excluding hydrogens is 452 g/mol. The van der Waals surface area contributed by atoms with Crippen LogP contribution in [0.25, 0.3) is 5.52 Å². The van der Waals surface area contributed by atoms with E-state index >= 15 is 0 Å². The van der Waals surface area contributed by atoms with Crippen LogP contribution in [0.15, 0.2) is 54.6 Å². The molecule has 35 heavy (non-hydrogen) atoms. The van der Waals surface area contributed by atoms with E-state index in [0.29, 0.717) is 23.2 Å². The summed E-state index contributed by atoms with van der Waals surface area (Å²) in [6, 6.07) is 14.7. The highest BCUT2D eigenvalue weighted by atomic mass is 19.1. The molecule has 2 unspecified atom stereocenters. The second-order valence-corrected chi connectivity index (χ2v) is 8.91. The summed E-state index contributed by atoms with van der Waals surface area (Å²) in [6.07, 6.45) is 0.690. The highest BCUT2D eigenvalue weighted by Crippen LogP contribution is 2.36. The van der Waals surface area contributed by atoms with Gasteiger partial charge >= 0.3 is 0 Å². The van der Waals surface area contributed by atoms with Crippen LogP contribution in [0.3, 0.4) is 0 Å². The average Bonchev–Trinajstić information content (AvgIpc) is 3.35. The molecule has 2 heterocycles. The van der Waals surface area contributed by atoms with Gasteiger partial charge in [0, 0.05) is 18.6 Å². The molecule has 0 radical (unpaired) electrons. The van der Waals surface area contributed by atoms with Crippen molar-refractivity contribution in [2.75, 3.05) is 6.61 Å². The summed E-state index contributed by atoms with van der Waals surface area (Å²) < 4.78 is 35.4. The normalized spacial score (nSPS) is 16.9. The number of carbonyl (C=O) groups is 1. The third-order valence-electron chi connectivity index (χ3n) is 6.54. The van der Waals surface area contributed by atoms with Gasteiger partial charge in [0.1, 0.15) is 18.2 Å². The fourth-order valence-electron chi connectivity index (χ4n) is 4.82. The largest absolute Gasteiger partial charge is 0.473 e. The summed E-state index contributed by atoms with van der Waals surface area (Å²) in [6.45, 7) is 3.20. The van der Waals surface area contributed by atoms with E-state index in [9.17, 15) is 18.7 Å². The maximum atomic E-state index is 14.1. The number of ether oxygens (including phenoxy) is 1. The van der Waals surface area contributed by atoms with E-state index in [1.54, 1.807) is 13.0 Å². The zero-order valence-corrected chi connectivity index (χ0v) is 19.4. The smallest absolute Gasteiger partial charge is 0.255 e. The van der Waals surface area contributed by atoms with Crippen molar-refractivity contribution >= 4 is 11.4 Å². The van der Waals surface area contributed by atoms with Gasteiger partial charge in [-0.1, -0.05) is 30.3 Å². The average molecular weight is 478 g/mol. The summed E-state index contributed by atoms with van der Waals surface area (Å²) in [5.41, 5.74) is 4.13. The predicted octanol–water partition coefficient (Wildman–Crippen LogP) is 4.44. The van der Waals surface area contributed by atoms with Gasteiger partial charge in [0.05, 0.1) is 28.4 Å². The molecule has 1 aliphatic rings. The molecule has 2 atom stereocenters. The Labute approximate surface area is 201 Å². The fourth-order valence-corrected chi connectivity index (χ4v) is 4.82. The molecule has 0 spiro atoms. The third-order valence-corrected chi connectivity index (χ3v) is 6.54. The van der Waals surface area contributed by atoms with Gasteiger partial charge in [0.2, 0.25) is 5.88 Å². The van der Waals surface area contributed by atoms with Gasteiger partial charge in [-0.15, -0.1) is 0 Å². The highest BCUT2D eigenvalue weighted by molar-refractivity contribution is 6.02. The van der Waals surface area contributed by atoms with Crippen LogP contribution in [0, 0.1) is 31.4 Å². The van der Waals surface area contributed by atoms with E-state index < -0.39 is 11.6 Å². The maximum absolute atomic E-state index is 14.1. The van der Waals surface area contributed by atoms with Crippen LogP contribution in [0.5, 0.6) is 5.88 Å². The SMILES string of the molecule is Cc1cc(OCc2c(F)cccc2F)n2nc(C)c(C(=O)NC3c4ccccc4CC3CO)c2c1. The quantitative estimate of drug-likeness (QED) is 0.431. The van der Waals surface area contributed by atoms with Crippen molar-refractivity contribution in [3.8, 4) is 5.88 Å². The molecule has 4 aromatic rings. The molecule has 180 valence electrons. The second-order valence-electron chi connectivity index (χ2n) is 8.91. The van der Waals surface area contributed by atoms with E-state index in [-0.39, 0.29) is 42.5 Å². The molecule has 0 bridgehead atoms. The Bertz CT molecular complexity index is 1410. The Morgan fingerprint density at radius 3 is 2.63 bits per heavy atom. The zero-order valence-electron chi connectivity index (χ0n) is 19.4.